The van der Waals surface area contributed by atoms with Crippen LogP contribution in [-0.2, 0) is 14.6 Å². The maximum Gasteiger partial charge on any atom is 0.222 e. The number of halogens is 1. The van der Waals surface area contributed by atoms with Crippen molar-refractivity contribution in [3.05, 3.63) is 30.1 Å². The first-order valence-corrected chi connectivity index (χ1v) is 11.0. The summed E-state index contributed by atoms with van der Waals surface area (Å²) in [6, 6.07) is 5.63. The lowest BCUT2D eigenvalue weighted by Gasteiger charge is -2.18. The Morgan fingerprint density at radius 2 is 2.18 bits per heavy atom. The molecule has 1 heterocycles. The van der Waals surface area contributed by atoms with Gasteiger partial charge in [0.1, 0.15) is 17.7 Å². The fraction of sp³-hybridized carbons (Fsp3) is 0.556. The van der Waals surface area contributed by atoms with Crippen molar-refractivity contribution in [1.82, 2.24) is 16.0 Å². The zero-order chi connectivity index (χ0) is 20.6. The van der Waals surface area contributed by atoms with Crippen LogP contribution in [0.2, 0.25) is 0 Å². The van der Waals surface area contributed by atoms with Crippen molar-refractivity contribution in [2.75, 3.05) is 31.6 Å². The predicted molar refractivity (Wildman–Crippen MR) is 106 cm³/mol. The normalized spacial score (nSPS) is 19.7. The highest BCUT2D eigenvalue weighted by Crippen LogP contribution is 2.13. The third-order valence-electron chi connectivity index (χ3n) is 4.16. The molecule has 3 N–H and O–H groups in total. The van der Waals surface area contributed by atoms with Crippen LogP contribution in [0.15, 0.2) is 29.3 Å². The van der Waals surface area contributed by atoms with Crippen LogP contribution < -0.4 is 20.7 Å². The van der Waals surface area contributed by atoms with Gasteiger partial charge in [-0.1, -0.05) is 6.07 Å². The number of rotatable bonds is 8. The summed E-state index contributed by atoms with van der Waals surface area (Å²) in [4.78, 5) is 16.0. The van der Waals surface area contributed by atoms with Gasteiger partial charge in [0.05, 0.1) is 18.1 Å². The van der Waals surface area contributed by atoms with Crippen molar-refractivity contribution in [2.45, 2.75) is 31.9 Å². The Morgan fingerprint density at radius 1 is 1.39 bits per heavy atom. The summed E-state index contributed by atoms with van der Waals surface area (Å²) < 4.78 is 41.6. The zero-order valence-electron chi connectivity index (χ0n) is 16.1. The van der Waals surface area contributed by atoms with Crippen LogP contribution in [0.3, 0.4) is 0 Å². The van der Waals surface area contributed by atoms with Crippen molar-refractivity contribution >= 4 is 21.7 Å². The van der Waals surface area contributed by atoms with Crippen molar-refractivity contribution in [3.8, 4) is 5.75 Å². The number of carbonyl (C=O) groups is 1. The number of guanidine groups is 1. The number of carbonyl (C=O) groups excluding carboxylic acids is 1. The van der Waals surface area contributed by atoms with Gasteiger partial charge in [-0.25, -0.2) is 12.8 Å². The maximum absolute atomic E-state index is 13.2. The van der Waals surface area contributed by atoms with E-state index in [4.69, 9.17) is 4.74 Å². The molecule has 0 saturated carbocycles. The first-order valence-electron chi connectivity index (χ1n) is 9.14. The molecule has 2 atom stereocenters. The van der Waals surface area contributed by atoms with Gasteiger partial charge < -0.3 is 20.7 Å². The van der Waals surface area contributed by atoms with Gasteiger partial charge in [0.2, 0.25) is 5.91 Å². The Labute approximate surface area is 164 Å². The number of nitrogens with zero attached hydrogens (tertiary/aromatic N) is 1. The van der Waals surface area contributed by atoms with Crippen LogP contribution >= 0.6 is 0 Å². The largest absolute Gasteiger partial charge is 0.489 e. The van der Waals surface area contributed by atoms with E-state index in [-0.39, 0.29) is 41.8 Å². The predicted octanol–water partition coefficient (Wildman–Crippen LogP) is 0.451. The molecule has 2 rings (SSSR count). The average molecular weight is 415 g/mol. The first kappa shape index (κ1) is 21.9. The minimum atomic E-state index is -3.01. The third-order valence-corrected chi connectivity index (χ3v) is 5.92. The summed E-state index contributed by atoms with van der Waals surface area (Å²) in [5.74, 6) is 0.534. The van der Waals surface area contributed by atoms with Gasteiger partial charge in [-0.15, -0.1) is 0 Å². The summed E-state index contributed by atoms with van der Waals surface area (Å²) in [6.45, 7) is 2.63. The van der Waals surface area contributed by atoms with E-state index in [9.17, 15) is 17.6 Å². The van der Waals surface area contributed by atoms with Crippen molar-refractivity contribution in [3.63, 3.8) is 0 Å². The van der Waals surface area contributed by atoms with E-state index in [1.807, 2.05) is 6.92 Å². The van der Waals surface area contributed by atoms with Crippen LogP contribution in [0.5, 0.6) is 5.75 Å². The molecule has 1 saturated heterocycles. The minimum Gasteiger partial charge on any atom is -0.489 e. The number of benzene rings is 1. The molecule has 2 unspecified atom stereocenters. The number of sulfone groups is 1. The van der Waals surface area contributed by atoms with E-state index in [0.29, 0.717) is 31.2 Å². The monoisotopic (exact) mass is 414 g/mol. The second-order valence-electron chi connectivity index (χ2n) is 6.68. The molecule has 0 aromatic heterocycles. The van der Waals surface area contributed by atoms with Gasteiger partial charge >= 0.3 is 0 Å². The SMILES string of the molecule is CN=C(NCCC(=O)NC1CCS(=O)(=O)C1)NCC(C)Oc1cccc(F)c1. The van der Waals surface area contributed by atoms with E-state index in [0.717, 1.165) is 0 Å². The standard InChI is InChI=1S/C18H27FN4O4S/c1-13(27-16-5-3-4-14(19)10-16)11-22-18(20-2)21-8-6-17(24)23-15-7-9-28(25,26)12-15/h3-5,10,13,15H,6-9,11-12H2,1-2H3,(H,23,24)(H2,20,21,22). The molecule has 0 aliphatic carbocycles. The van der Waals surface area contributed by atoms with Crippen molar-refractivity contribution in [2.24, 2.45) is 4.99 Å². The molecule has 1 aliphatic rings. The van der Waals surface area contributed by atoms with Crippen LogP contribution in [0.4, 0.5) is 4.39 Å². The Balaban J connectivity index is 1.65. The Hall–Kier alpha value is -2.36. The van der Waals surface area contributed by atoms with Crippen molar-refractivity contribution < 1.29 is 22.3 Å². The number of hydrogen-bond donors (Lipinski definition) is 3. The molecule has 28 heavy (non-hydrogen) atoms. The van der Waals surface area contributed by atoms with E-state index in [1.165, 1.54) is 12.1 Å². The fourth-order valence-corrected chi connectivity index (χ4v) is 4.45. The number of nitrogens with one attached hydrogen (secondary N) is 3. The highest BCUT2D eigenvalue weighted by atomic mass is 32.2. The van der Waals surface area contributed by atoms with Gasteiger partial charge in [-0.3, -0.25) is 9.79 Å². The van der Waals surface area contributed by atoms with Gasteiger partial charge in [0.15, 0.2) is 15.8 Å². The average Bonchev–Trinajstić information content (AvgIpc) is 2.96. The van der Waals surface area contributed by atoms with E-state index < -0.39 is 9.84 Å². The molecule has 1 amide bonds. The van der Waals surface area contributed by atoms with Gasteiger partial charge in [-0.2, -0.15) is 0 Å². The second kappa shape index (κ2) is 10.3. The zero-order valence-corrected chi connectivity index (χ0v) is 16.9. The van der Waals surface area contributed by atoms with Gasteiger partial charge in [0.25, 0.3) is 0 Å². The Bertz CT molecular complexity index is 801. The highest BCUT2D eigenvalue weighted by molar-refractivity contribution is 7.91. The summed E-state index contributed by atoms with van der Waals surface area (Å²) in [5, 5.41) is 8.82. The Morgan fingerprint density at radius 3 is 2.82 bits per heavy atom. The Kier molecular flexibility index (Phi) is 8.04. The smallest absolute Gasteiger partial charge is 0.222 e. The molecule has 0 spiro atoms. The number of ether oxygens (including phenoxy) is 1. The molecule has 1 aromatic carbocycles. The molecule has 1 aromatic rings. The van der Waals surface area contributed by atoms with Crippen LogP contribution in [0.1, 0.15) is 19.8 Å². The fourth-order valence-electron chi connectivity index (χ4n) is 2.78. The molecule has 1 aliphatic heterocycles. The third kappa shape index (κ3) is 7.71. The molecule has 156 valence electrons. The maximum atomic E-state index is 13.2. The summed E-state index contributed by atoms with van der Waals surface area (Å²) >= 11 is 0. The molecular formula is C18H27FN4O4S. The van der Waals surface area contributed by atoms with Crippen molar-refractivity contribution in [1.29, 1.82) is 0 Å². The number of hydrogen-bond acceptors (Lipinski definition) is 5. The molecule has 10 heteroatoms. The highest BCUT2D eigenvalue weighted by Gasteiger charge is 2.28. The molecular weight excluding hydrogens is 387 g/mol. The van der Waals surface area contributed by atoms with Gasteiger partial charge in [0, 0.05) is 32.1 Å². The summed E-state index contributed by atoms with van der Waals surface area (Å²) in [6.07, 6.45) is 0.438. The lowest BCUT2D eigenvalue weighted by Crippen LogP contribution is -2.43. The van der Waals surface area contributed by atoms with Crippen LogP contribution in [0, 0.1) is 5.82 Å². The minimum absolute atomic E-state index is 0.0125. The lowest BCUT2D eigenvalue weighted by molar-refractivity contribution is -0.121. The molecule has 0 bridgehead atoms. The molecule has 1 fully saturated rings. The van der Waals surface area contributed by atoms with Crippen LogP contribution in [-0.4, -0.2) is 64.1 Å². The summed E-state index contributed by atoms with van der Waals surface area (Å²) in [5.41, 5.74) is 0. The lowest BCUT2D eigenvalue weighted by atomic mass is 10.2. The van der Waals surface area contributed by atoms with E-state index >= 15 is 0 Å². The number of aliphatic imine (C=N–C) groups is 1. The topological polar surface area (TPSA) is 109 Å². The second-order valence-corrected chi connectivity index (χ2v) is 8.91. The molecule has 0 radical (unpaired) electrons. The van der Waals surface area contributed by atoms with Crippen LogP contribution in [0.25, 0.3) is 0 Å². The van der Waals surface area contributed by atoms with Gasteiger partial charge in [-0.05, 0) is 25.5 Å². The molecule has 8 nitrogen and oxygen atoms in total. The first-order chi connectivity index (χ1) is 13.3. The number of amides is 1. The summed E-state index contributed by atoms with van der Waals surface area (Å²) in [7, 11) is -1.40. The van der Waals surface area contributed by atoms with E-state index in [1.54, 1.807) is 19.2 Å². The quantitative estimate of drug-likeness (QED) is 0.421. The van der Waals surface area contributed by atoms with E-state index in [2.05, 4.69) is 20.9 Å².